The van der Waals surface area contributed by atoms with E-state index in [4.69, 9.17) is 28.4 Å². The molecule has 16 heteroatoms. The number of nitrogens with zero attached hydrogens (tertiary/aromatic N) is 3. The molecule has 4 heterocycles. The number of Topliss-reactive ketones (excluding diaryl/α,β-unsaturated/α-hetero) is 2. The third-order valence-corrected chi connectivity index (χ3v) is 12.1. The molecule has 5 rings (SSSR count). The Balaban J connectivity index is 1.48. The van der Waals surface area contributed by atoms with E-state index in [1.54, 1.807) is 58.3 Å². The van der Waals surface area contributed by atoms with Crippen LogP contribution in [0.5, 0.6) is 0 Å². The van der Waals surface area contributed by atoms with Crippen LogP contribution in [0.25, 0.3) is 17.5 Å². The average molecular weight is 837 g/mol. The fraction of sp³-hybridized carbons (Fsp3) is 0.614. The number of ether oxygens (including phenoxy) is 6. The van der Waals surface area contributed by atoms with Crippen LogP contribution in [-0.2, 0) is 42.8 Å². The molecule has 3 saturated heterocycles. The number of aromatic nitrogens is 2. The van der Waals surface area contributed by atoms with Crippen molar-refractivity contribution >= 4 is 35.9 Å². The number of likely N-dealkylation sites (N-methyl/N-ethyl adjacent to an activating group) is 1. The highest BCUT2D eigenvalue weighted by Gasteiger charge is 2.57. The Morgan fingerprint density at radius 2 is 1.67 bits per heavy atom. The standard InChI is InChI=1S/C44H60N4O12/c1-11-32-44(8)36(47-41(53)59-44)26(4)33(49)24(2)23-43(7,60-42(54)55-21-12-14-29-15-17-30(18-16-29)38-45-19-13-20-46-38)37(27(5)34(50)28(6)39(52)57-32)58-40-35(51)31(48(9)10)22-25(3)56-40/h12-20,24-28,31-32,35-37,40,51H,11,21-23H2,1-10H3,(H,47,53)/t24-,25-,26+,27+,28-,31+,32-,35-,36-,37-,40+,43-,44-/m1/s1. The van der Waals surface area contributed by atoms with Crippen molar-refractivity contribution in [3.8, 4) is 11.4 Å². The lowest BCUT2D eigenvalue weighted by Crippen LogP contribution is -2.60. The van der Waals surface area contributed by atoms with Crippen LogP contribution in [0.1, 0.15) is 80.2 Å². The van der Waals surface area contributed by atoms with Crippen LogP contribution in [0.3, 0.4) is 0 Å². The molecule has 328 valence electrons. The second kappa shape index (κ2) is 19.3. The summed E-state index contributed by atoms with van der Waals surface area (Å²) in [5.74, 6) is -5.53. The number of aliphatic hydroxyl groups is 1. The van der Waals surface area contributed by atoms with Gasteiger partial charge in [-0.15, -0.1) is 0 Å². The summed E-state index contributed by atoms with van der Waals surface area (Å²) >= 11 is 0. The molecular weight excluding hydrogens is 776 g/mol. The maximum Gasteiger partial charge on any atom is 0.509 e. The van der Waals surface area contributed by atoms with Gasteiger partial charge in [-0.05, 0) is 78.8 Å². The first kappa shape index (κ1) is 46.3. The summed E-state index contributed by atoms with van der Waals surface area (Å²) in [4.78, 5) is 79.5. The highest BCUT2D eigenvalue weighted by atomic mass is 16.8. The van der Waals surface area contributed by atoms with Gasteiger partial charge in [-0.25, -0.2) is 19.6 Å². The molecule has 3 fully saturated rings. The van der Waals surface area contributed by atoms with Gasteiger partial charge in [-0.2, -0.15) is 0 Å². The Morgan fingerprint density at radius 3 is 2.30 bits per heavy atom. The zero-order chi connectivity index (χ0) is 44.1. The zero-order valence-corrected chi connectivity index (χ0v) is 36.2. The summed E-state index contributed by atoms with van der Waals surface area (Å²) in [6.07, 6.45) is 0.0576. The van der Waals surface area contributed by atoms with Crippen LogP contribution < -0.4 is 5.32 Å². The Kier molecular flexibility index (Phi) is 14.9. The summed E-state index contributed by atoms with van der Waals surface area (Å²) in [6.45, 7) is 12.7. The largest absolute Gasteiger partial charge is 0.509 e. The van der Waals surface area contributed by atoms with E-state index in [2.05, 4.69) is 15.3 Å². The number of hydrogen-bond donors (Lipinski definition) is 2. The number of ketones is 2. The molecule has 0 spiro atoms. The van der Waals surface area contributed by atoms with Crippen LogP contribution >= 0.6 is 0 Å². The van der Waals surface area contributed by atoms with Crippen molar-refractivity contribution in [1.29, 1.82) is 0 Å². The molecule has 0 aliphatic carbocycles. The molecular formula is C44H60N4O12. The van der Waals surface area contributed by atoms with Crippen LogP contribution in [-0.4, -0.2) is 124 Å². The quantitative estimate of drug-likeness (QED) is 0.191. The predicted molar refractivity (Wildman–Crippen MR) is 218 cm³/mol. The molecule has 16 nitrogen and oxygen atoms in total. The van der Waals surface area contributed by atoms with Gasteiger partial charge >= 0.3 is 18.2 Å². The van der Waals surface area contributed by atoms with Crippen LogP contribution in [0.4, 0.5) is 9.59 Å². The second-order valence-electron chi connectivity index (χ2n) is 16.9. The molecule has 2 N–H and O–H groups in total. The number of carbonyl (C=O) groups is 5. The van der Waals surface area contributed by atoms with Gasteiger partial charge in [-0.1, -0.05) is 58.0 Å². The lowest BCUT2D eigenvalue weighted by atomic mass is 9.73. The number of aliphatic hydroxyl groups excluding tert-OH is 1. The number of nitrogens with one attached hydrogen (secondary N) is 1. The van der Waals surface area contributed by atoms with E-state index in [1.165, 1.54) is 20.8 Å². The molecule has 1 amide bonds. The van der Waals surface area contributed by atoms with Gasteiger partial charge in [0.1, 0.15) is 42.2 Å². The number of carbonyl (C=O) groups excluding carboxylic acids is 5. The minimum absolute atomic E-state index is 0.190. The van der Waals surface area contributed by atoms with Crippen molar-refractivity contribution < 1.29 is 57.5 Å². The second-order valence-corrected chi connectivity index (χ2v) is 16.9. The molecule has 0 radical (unpaired) electrons. The summed E-state index contributed by atoms with van der Waals surface area (Å²) in [5, 5.41) is 14.3. The summed E-state index contributed by atoms with van der Waals surface area (Å²) < 4.78 is 36.0. The number of benzene rings is 1. The van der Waals surface area contributed by atoms with Gasteiger partial charge in [0.05, 0.1) is 12.1 Å². The van der Waals surface area contributed by atoms with Crippen LogP contribution in [0, 0.1) is 23.7 Å². The van der Waals surface area contributed by atoms with Gasteiger partial charge in [0.2, 0.25) is 0 Å². The van der Waals surface area contributed by atoms with Crippen molar-refractivity contribution in [1.82, 2.24) is 20.2 Å². The van der Waals surface area contributed by atoms with Gasteiger partial charge in [-0.3, -0.25) is 14.4 Å². The topological polar surface area (TPSA) is 202 Å². The van der Waals surface area contributed by atoms with E-state index >= 15 is 0 Å². The normalized spacial score (nSPS) is 35.6. The molecule has 0 bridgehead atoms. The highest BCUT2D eigenvalue weighted by molar-refractivity contribution is 6.00. The smallest absolute Gasteiger partial charge is 0.458 e. The molecule has 1 aromatic carbocycles. The molecule has 3 aliphatic heterocycles. The number of amides is 1. The van der Waals surface area contributed by atoms with Gasteiger partial charge in [0.15, 0.2) is 23.5 Å². The van der Waals surface area contributed by atoms with Crippen LogP contribution in [0.2, 0.25) is 0 Å². The predicted octanol–water partition coefficient (Wildman–Crippen LogP) is 5.16. The minimum Gasteiger partial charge on any atom is -0.458 e. The Bertz CT molecular complexity index is 1880. The lowest BCUT2D eigenvalue weighted by molar-refractivity contribution is -0.293. The van der Waals surface area contributed by atoms with Crippen molar-refractivity contribution in [3.05, 3.63) is 54.4 Å². The number of alkyl carbamates (subject to hydrolysis) is 1. The highest BCUT2D eigenvalue weighted by Crippen LogP contribution is 2.40. The van der Waals surface area contributed by atoms with Crippen molar-refractivity contribution in [2.24, 2.45) is 23.7 Å². The SMILES string of the molecule is CC[C@H]1OC(=O)[C@H](C)C(=O)[C@H](C)[C@@H](O[C@@H]2O[C@H](C)C[C@H](N(C)C)[C@H]2O)[C@](C)(OC(=O)OCC=Cc2ccc(-c3ncccn3)cc2)C[C@@H](C)C(=O)[C@H](C)[C@H]2NC(=O)O[C@@]21C. The van der Waals surface area contributed by atoms with Gasteiger partial charge in [0.25, 0.3) is 0 Å². The maximum atomic E-state index is 14.4. The molecule has 2 aromatic rings. The molecule has 3 aliphatic rings. The lowest BCUT2D eigenvalue weighted by Gasteiger charge is -2.46. The average Bonchev–Trinajstić information content (AvgIpc) is 3.53. The number of hydrogen-bond acceptors (Lipinski definition) is 15. The number of rotatable bonds is 9. The molecule has 0 unspecified atom stereocenters. The van der Waals surface area contributed by atoms with Gasteiger partial charge in [0, 0.05) is 41.8 Å². The van der Waals surface area contributed by atoms with E-state index in [1.807, 2.05) is 50.2 Å². The summed E-state index contributed by atoms with van der Waals surface area (Å²) in [6, 6.07) is 7.90. The van der Waals surface area contributed by atoms with E-state index in [0.29, 0.717) is 12.2 Å². The van der Waals surface area contributed by atoms with Crippen molar-refractivity contribution in [2.75, 3.05) is 20.7 Å². The maximum absolute atomic E-state index is 14.4. The Labute approximate surface area is 351 Å². The summed E-state index contributed by atoms with van der Waals surface area (Å²) in [5.41, 5.74) is -1.61. The fourth-order valence-electron chi connectivity index (χ4n) is 8.80. The molecule has 1 aromatic heterocycles. The first-order chi connectivity index (χ1) is 28.3. The number of cyclic esters (lactones) is 1. The Morgan fingerprint density at radius 1 is 1.00 bits per heavy atom. The number of esters is 1. The van der Waals surface area contributed by atoms with E-state index < -0.39 is 95.6 Å². The van der Waals surface area contributed by atoms with E-state index in [-0.39, 0.29) is 31.3 Å². The third kappa shape index (κ3) is 10.2. The minimum atomic E-state index is -1.81. The molecule has 0 saturated carbocycles. The monoisotopic (exact) mass is 836 g/mol. The third-order valence-electron chi connectivity index (χ3n) is 12.1. The first-order valence-electron chi connectivity index (χ1n) is 20.6. The summed E-state index contributed by atoms with van der Waals surface area (Å²) in [7, 11) is 3.63. The Hall–Kier alpha value is -4.77. The first-order valence-corrected chi connectivity index (χ1v) is 20.6. The van der Waals surface area contributed by atoms with Gasteiger partial charge < -0.3 is 43.7 Å². The van der Waals surface area contributed by atoms with E-state index in [9.17, 15) is 29.1 Å². The molecule has 13 atom stereocenters. The van der Waals surface area contributed by atoms with Crippen molar-refractivity contribution in [2.45, 2.75) is 129 Å². The van der Waals surface area contributed by atoms with Crippen molar-refractivity contribution in [3.63, 3.8) is 0 Å². The van der Waals surface area contributed by atoms with Crippen LogP contribution in [0.15, 0.2) is 48.8 Å². The van der Waals surface area contributed by atoms with E-state index in [0.717, 1.165) is 11.1 Å². The zero-order valence-electron chi connectivity index (χ0n) is 36.2. The fourth-order valence-corrected chi connectivity index (χ4v) is 8.80. The molecule has 60 heavy (non-hydrogen) atoms. The number of fused-ring (bicyclic) bond motifs is 1.